The lowest BCUT2D eigenvalue weighted by Gasteiger charge is -2.14. The summed E-state index contributed by atoms with van der Waals surface area (Å²) in [5.41, 5.74) is 0.868. The van der Waals surface area contributed by atoms with Crippen molar-refractivity contribution >= 4 is 17.8 Å². The quantitative estimate of drug-likeness (QED) is 0.739. The molecule has 1 rings (SSSR count). The summed E-state index contributed by atoms with van der Waals surface area (Å²) in [4.78, 5) is 33.2. The molecule has 0 radical (unpaired) electrons. The molecule has 0 aliphatic heterocycles. The number of rotatable bonds is 6. The zero-order chi connectivity index (χ0) is 14.3. The number of carbonyl (C=O) groups is 3. The molecule has 1 atom stereocenters. The smallest absolute Gasteiger partial charge is 0.307 e. The Morgan fingerprint density at radius 2 is 1.89 bits per heavy atom. The van der Waals surface area contributed by atoms with Crippen LogP contribution >= 0.6 is 0 Å². The molecule has 0 saturated carbocycles. The second kappa shape index (κ2) is 7.15. The van der Waals surface area contributed by atoms with Gasteiger partial charge in [-0.25, -0.2) is 0 Å². The van der Waals surface area contributed by atoms with Crippen LogP contribution in [0.25, 0.3) is 0 Å². The van der Waals surface area contributed by atoms with Crippen molar-refractivity contribution in [1.29, 1.82) is 0 Å². The van der Waals surface area contributed by atoms with Gasteiger partial charge in [0.05, 0.1) is 6.42 Å². The molecule has 0 aromatic heterocycles. The molecule has 19 heavy (non-hydrogen) atoms. The summed E-state index contributed by atoms with van der Waals surface area (Å²) in [5.74, 6) is -2.52. The highest BCUT2D eigenvalue weighted by Crippen LogP contribution is 2.02. The lowest BCUT2D eigenvalue weighted by molar-refractivity contribution is -0.158. The van der Waals surface area contributed by atoms with Crippen molar-refractivity contribution in [2.24, 2.45) is 0 Å². The molecular formula is C13H15NO5. The molecule has 2 N–H and O–H groups in total. The van der Waals surface area contributed by atoms with Crippen LogP contribution in [0.2, 0.25) is 0 Å². The van der Waals surface area contributed by atoms with Gasteiger partial charge in [-0.15, -0.1) is 0 Å². The number of hydrogen-bond acceptors (Lipinski definition) is 4. The number of benzene rings is 1. The third kappa shape index (κ3) is 5.67. The molecule has 0 fully saturated rings. The first-order chi connectivity index (χ1) is 8.99. The molecule has 0 unspecified atom stereocenters. The van der Waals surface area contributed by atoms with Gasteiger partial charge in [0, 0.05) is 13.5 Å². The number of ether oxygens (including phenoxy) is 1. The topological polar surface area (TPSA) is 92.7 Å². The summed E-state index contributed by atoms with van der Waals surface area (Å²) >= 11 is 0. The minimum atomic E-state index is -1.31. The van der Waals surface area contributed by atoms with Gasteiger partial charge in [-0.3, -0.25) is 14.4 Å². The van der Waals surface area contributed by atoms with E-state index < -0.39 is 30.4 Å². The Kier molecular flexibility index (Phi) is 5.53. The molecule has 1 aromatic carbocycles. The fourth-order valence-corrected chi connectivity index (χ4v) is 1.45. The third-order valence-electron chi connectivity index (χ3n) is 2.27. The van der Waals surface area contributed by atoms with Crippen molar-refractivity contribution in [1.82, 2.24) is 5.32 Å². The molecule has 1 aromatic rings. The van der Waals surface area contributed by atoms with Gasteiger partial charge in [0.25, 0.3) is 5.91 Å². The molecule has 0 heterocycles. The highest BCUT2D eigenvalue weighted by Gasteiger charge is 2.24. The second-order valence-electron chi connectivity index (χ2n) is 3.90. The highest BCUT2D eigenvalue weighted by molar-refractivity contribution is 5.87. The number of hydrogen-bond donors (Lipinski definition) is 2. The monoisotopic (exact) mass is 265 g/mol. The third-order valence-corrected chi connectivity index (χ3v) is 2.27. The van der Waals surface area contributed by atoms with E-state index in [-0.39, 0.29) is 6.54 Å². The number of amides is 1. The van der Waals surface area contributed by atoms with Crippen molar-refractivity contribution < 1.29 is 24.2 Å². The Hall–Kier alpha value is -2.37. The highest BCUT2D eigenvalue weighted by atomic mass is 16.5. The van der Waals surface area contributed by atoms with Gasteiger partial charge in [0.15, 0.2) is 6.10 Å². The van der Waals surface area contributed by atoms with Crippen molar-refractivity contribution in [2.45, 2.75) is 26.0 Å². The first kappa shape index (κ1) is 14.7. The lowest BCUT2D eigenvalue weighted by Crippen LogP contribution is -2.38. The van der Waals surface area contributed by atoms with Crippen LogP contribution in [0.5, 0.6) is 0 Å². The van der Waals surface area contributed by atoms with E-state index in [1.807, 2.05) is 30.3 Å². The lowest BCUT2D eigenvalue weighted by atomic mass is 10.2. The van der Waals surface area contributed by atoms with Gasteiger partial charge in [0.1, 0.15) is 0 Å². The summed E-state index contributed by atoms with van der Waals surface area (Å²) in [6.07, 6.45) is -1.86. The first-order valence-electron chi connectivity index (χ1n) is 5.69. The van der Waals surface area contributed by atoms with Crippen LogP contribution in [-0.4, -0.2) is 29.1 Å². The standard InChI is InChI=1S/C13H15NO5/c1-9(15)19-11(7-12(16)17)13(18)14-8-10-5-3-2-4-6-10/h2-6,11H,7-8H2,1H3,(H,14,18)(H,16,17)/t11-/m0/s1. The zero-order valence-electron chi connectivity index (χ0n) is 10.5. The van der Waals surface area contributed by atoms with Crippen molar-refractivity contribution in [3.05, 3.63) is 35.9 Å². The van der Waals surface area contributed by atoms with E-state index in [1.165, 1.54) is 0 Å². The van der Waals surface area contributed by atoms with Crippen LogP contribution in [-0.2, 0) is 25.7 Å². The van der Waals surface area contributed by atoms with Crippen LogP contribution in [0, 0.1) is 0 Å². The van der Waals surface area contributed by atoms with Crippen LogP contribution in [0.15, 0.2) is 30.3 Å². The molecule has 0 bridgehead atoms. The van der Waals surface area contributed by atoms with Crippen LogP contribution in [0.4, 0.5) is 0 Å². The Labute approximate surface area is 110 Å². The van der Waals surface area contributed by atoms with Crippen molar-refractivity contribution in [2.75, 3.05) is 0 Å². The Morgan fingerprint density at radius 1 is 1.26 bits per heavy atom. The van der Waals surface area contributed by atoms with Crippen molar-refractivity contribution in [3.63, 3.8) is 0 Å². The molecular weight excluding hydrogens is 250 g/mol. The number of carbonyl (C=O) groups excluding carboxylic acids is 2. The van der Waals surface area contributed by atoms with Crippen LogP contribution in [0.1, 0.15) is 18.9 Å². The number of carboxylic acids is 1. The normalized spacial score (nSPS) is 11.4. The Morgan fingerprint density at radius 3 is 2.42 bits per heavy atom. The largest absolute Gasteiger partial charge is 0.481 e. The molecule has 0 spiro atoms. The number of carboxylic acid groups (broad SMARTS) is 1. The minimum Gasteiger partial charge on any atom is -0.481 e. The number of nitrogens with one attached hydrogen (secondary N) is 1. The van der Waals surface area contributed by atoms with Gasteiger partial charge < -0.3 is 15.2 Å². The SMILES string of the molecule is CC(=O)O[C@@H](CC(=O)O)C(=O)NCc1ccccc1. The van der Waals surface area contributed by atoms with Gasteiger partial charge in [-0.05, 0) is 5.56 Å². The molecule has 0 aliphatic carbocycles. The summed E-state index contributed by atoms with van der Waals surface area (Å²) in [5, 5.41) is 11.2. The molecule has 6 heteroatoms. The molecule has 0 aliphatic rings. The molecule has 102 valence electrons. The van der Waals surface area contributed by atoms with Crippen molar-refractivity contribution in [3.8, 4) is 0 Å². The Bertz CT molecular complexity index is 441. The number of esters is 1. The maximum atomic E-state index is 11.7. The maximum Gasteiger partial charge on any atom is 0.307 e. The van der Waals surface area contributed by atoms with Gasteiger partial charge >= 0.3 is 11.9 Å². The van der Waals surface area contributed by atoms with E-state index >= 15 is 0 Å². The molecule has 1 amide bonds. The van der Waals surface area contributed by atoms with Crippen LogP contribution < -0.4 is 5.32 Å². The van der Waals surface area contributed by atoms with E-state index in [0.29, 0.717) is 0 Å². The van der Waals surface area contributed by atoms with Gasteiger partial charge in [0.2, 0.25) is 0 Å². The maximum absolute atomic E-state index is 11.7. The average molecular weight is 265 g/mol. The molecule has 6 nitrogen and oxygen atoms in total. The first-order valence-corrected chi connectivity index (χ1v) is 5.69. The second-order valence-corrected chi connectivity index (χ2v) is 3.90. The van der Waals surface area contributed by atoms with E-state index in [9.17, 15) is 14.4 Å². The van der Waals surface area contributed by atoms with E-state index in [4.69, 9.17) is 5.11 Å². The van der Waals surface area contributed by atoms with Crippen LogP contribution in [0.3, 0.4) is 0 Å². The summed E-state index contributed by atoms with van der Waals surface area (Å²) < 4.78 is 4.68. The van der Waals surface area contributed by atoms with E-state index in [2.05, 4.69) is 10.1 Å². The fraction of sp³-hybridized carbons (Fsp3) is 0.308. The Balaban J connectivity index is 2.56. The average Bonchev–Trinajstić information content (AvgIpc) is 2.35. The summed E-state index contributed by atoms with van der Waals surface area (Å²) in [6, 6.07) is 9.12. The van der Waals surface area contributed by atoms with E-state index in [1.54, 1.807) is 0 Å². The zero-order valence-corrected chi connectivity index (χ0v) is 10.5. The van der Waals surface area contributed by atoms with E-state index in [0.717, 1.165) is 12.5 Å². The minimum absolute atomic E-state index is 0.247. The summed E-state index contributed by atoms with van der Waals surface area (Å²) in [7, 11) is 0. The predicted molar refractivity (Wildman–Crippen MR) is 66.1 cm³/mol. The predicted octanol–water partition coefficient (Wildman–Crippen LogP) is 0.709. The van der Waals surface area contributed by atoms with Gasteiger partial charge in [-0.2, -0.15) is 0 Å². The van der Waals surface area contributed by atoms with Gasteiger partial charge in [-0.1, -0.05) is 30.3 Å². The summed E-state index contributed by atoms with van der Waals surface area (Å²) in [6.45, 7) is 1.37. The molecule has 0 saturated heterocycles. The number of aliphatic carboxylic acids is 1. The fourth-order valence-electron chi connectivity index (χ4n) is 1.45.